The molecule has 0 aliphatic heterocycles. The minimum atomic E-state index is -4.01. The minimum Gasteiger partial charge on any atom is -0.542 e. The average molecular weight is 483 g/mol. The van der Waals surface area contributed by atoms with E-state index in [9.17, 15) is 13.2 Å². The van der Waals surface area contributed by atoms with Crippen molar-refractivity contribution in [3.8, 4) is 5.88 Å². The second-order valence-electron chi connectivity index (χ2n) is 7.50. The second-order valence-corrected chi connectivity index (χ2v) is 9.11. The first-order chi connectivity index (χ1) is 14.9. The van der Waals surface area contributed by atoms with Crippen LogP contribution in [0.15, 0.2) is 35.5 Å². The molecule has 0 radical (unpaired) electrons. The van der Waals surface area contributed by atoms with E-state index in [1.165, 1.54) is 37.7 Å². The van der Waals surface area contributed by atoms with E-state index in [1.54, 1.807) is 12.1 Å². The number of hydrogen-bond donors (Lipinski definition) is 2. The number of amides is 1. The molecule has 0 unspecified atom stereocenters. The molecule has 4 rings (SSSR count). The van der Waals surface area contributed by atoms with Gasteiger partial charge in [0.25, 0.3) is 0 Å². The Morgan fingerprint density at radius 2 is 1.91 bits per heavy atom. The van der Waals surface area contributed by atoms with Gasteiger partial charge in [-0.05, 0) is 49.9 Å². The first kappa shape index (κ1) is 25.1. The van der Waals surface area contributed by atoms with E-state index in [4.69, 9.17) is 4.74 Å². The van der Waals surface area contributed by atoms with Gasteiger partial charge in [0.2, 0.25) is 11.8 Å². The van der Waals surface area contributed by atoms with Crippen molar-refractivity contribution in [1.82, 2.24) is 19.9 Å². The molecule has 0 saturated heterocycles. The van der Waals surface area contributed by atoms with Gasteiger partial charge in [0.15, 0.2) is 5.65 Å². The van der Waals surface area contributed by atoms with Crippen LogP contribution in [-0.2, 0) is 14.8 Å². The van der Waals surface area contributed by atoms with Crippen molar-refractivity contribution in [2.45, 2.75) is 43.9 Å². The fourth-order valence-electron chi connectivity index (χ4n) is 3.58. The van der Waals surface area contributed by atoms with Gasteiger partial charge in [-0.3, -0.25) is 0 Å². The number of rotatable bonds is 7. The maximum absolute atomic E-state index is 12.0. The molecule has 2 heterocycles. The van der Waals surface area contributed by atoms with Gasteiger partial charge >= 0.3 is 51.4 Å². The van der Waals surface area contributed by atoms with Crippen LogP contribution in [0, 0.1) is 5.92 Å². The number of hydrogen-bond acceptors (Lipinski definition) is 8. The van der Waals surface area contributed by atoms with E-state index in [0.29, 0.717) is 35.3 Å². The zero-order chi connectivity index (χ0) is 21.8. The van der Waals surface area contributed by atoms with Gasteiger partial charge in [0.05, 0.1) is 23.7 Å². The number of aromatic nitrogens is 4. The Kier molecular flexibility index (Phi) is 8.64. The molecule has 0 bridgehead atoms. The molecule has 1 aliphatic rings. The molecule has 164 valence electrons. The number of anilines is 2. The molecule has 1 saturated carbocycles. The first-order valence-corrected chi connectivity index (χ1v) is 11.5. The number of carbonyl (C=O) groups is 1. The summed E-state index contributed by atoms with van der Waals surface area (Å²) in [5.41, 5.74) is 1.67. The molecule has 12 heteroatoms. The van der Waals surface area contributed by atoms with Gasteiger partial charge in [-0.25, -0.2) is 13.4 Å². The van der Waals surface area contributed by atoms with Crippen molar-refractivity contribution in [3.05, 3.63) is 35.3 Å². The largest absolute Gasteiger partial charge is 1.00 e. The number of nitrogens with one attached hydrogen (secondary N) is 2. The Labute approximate surface area is 228 Å². The van der Waals surface area contributed by atoms with Crippen LogP contribution in [-0.4, -0.2) is 40.9 Å². The summed E-state index contributed by atoms with van der Waals surface area (Å²) in [6.45, 7) is 1.68. The van der Waals surface area contributed by atoms with Crippen LogP contribution in [0.3, 0.4) is 0 Å². The third-order valence-corrected chi connectivity index (χ3v) is 6.46. The molecule has 0 atom stereocenters. The molecular formula is C20H23KN6O4S. The maximum Gasteiger partial charge on any atom is 1.00 e. The Hall–Kier alpha value is -1.57. The minimum absolute atomic E-state index is 0. The molecule has 2 N–H and O–H groups in total. The van der Waals surface area contributed by atoms with Crippen molar-refractivity contribution in [1.29, 1.82) is 0 Å². The predicted molar refractivity (Wildman–Crippen MR) is 115 cm³/mol. The number of carbonyl (C=O) groups excluding carboxylic acids is 1. The van der Waals surface area contributed by atoms with Crippen LogP contribution in [0.2, 0.25) is 0 Å². The molecule has 32 heavy (non-hydrogen) atoms. The Bertz CT molecular complexity index is 1180. The molecule has 1 aliphatic carbocycles. The quantitative estimate of drug-likeness (QED) is 0.468. The van der Waals surface area contributed by atoms with E-state index in [-0.39, 0.29) is 62.2 Å². The number of benzene rings is 1. The van der Waals surface area contributed by atoms with E-state index in [2.05, 4.69) is 30.0 Å². The summed E-state index contributed by atoms with van der Waals surface area (Å²) < 4.78 is 33.2. The number of H-pyrrole nitrogens is 1. The normalized spacial score (nSPS) is 14.5. The van der Waals surface area contributed by atoms with Crippen LogP contribution in [0.4, 0.5) is 11.6 Å². The monoisotopic (exact) mass is 482 g/mol. The van der Waals surface area contributed by atoms with Crippen molar-refractivity contribution in [2.75, 3.05) is 11.9 Å². The summed E-state index contributed by atoms with van der Waals surface area (Å²) in [7, 11) is -4.01. The van der Waals surface area contributed by atoms with Crippen LogP contribution in [0.1, 0.15) is 39.0 Å². The zero-order valence-electron chi connectivity index (χ0n) is 18.0. The number of imidazole rings is 1. The molecule has 1 fully saturated rings. The topological polar surface area (TPSA) is 141 Å². The van der Waals surface area contributed by atoms with E-state index in [0.717, 1.165) is 19.8 Å². The third kappa shape index (κ3) is 6.26. The van der Waals surface area contributed by atoms with Crippen molar-refractivity contribution >= 4 is 38.7 Å². The number of fused-ring (bicyclic) bond motifs is 1. The Morgan fingerprint density at radius 3 is 2.59 bits per heavy atom. The van der Waals surface area contributed by atoms with Gasteiger partial charge in [-0.1, -0.05) is 19.3 Å². The van der Waals surface area contributed by atoms with Gasteiger partial charge in [0.1, 0.15) is 15.5 Å². The second kappa shape index (κ2) is 11.0. The van der Waals surface area contributed by atoms with Crippen LogP contribution >= 0.6 is 0 Å². The summed E-state index contributed by atoms with van der Waals surface area (Å²) >= 11 is 0. The summed E-state index contributed by atoms with van der Waals surface area (Å²) in [6.07, 6.45) is 7.60. The first-order valence-electron chi connectivity index (χ1n) is 10.1. The average Bonchev–Trinajstić information content (AvgIpc) is 3.21. The summed E-state index contributed by atoms with van der Waals surface area (Å²) in [5.74, 6) is 0.453. The van der Waals surface area contributed by atoms with Crippen LogP contribution in [0.25, 0.3) is 15.9 Å². The van der Waals surface area contributed by atoms with Crippen molar-refractivity contribution in [3.63, 3.8) is 0 Å². The summed E-state index contributed by atoms with van der Waals surface area (Å²) in [5, 5.41) is 3.04. The molecule has 0 spiro atoms. The van der Waals surface area contributed by atoms with E-state index >= 15 is 0 Å². The molecule has 2 aromatic heterocycles. The van der Waals surface area contributed by atoms with Crippen molar-refractivity contribution in [2.24, 2.45) is 5.92 Å². The van der Waals surface area contributed by atoms with Crippen LogP contribution < -0.4 is 61.4 Å². The zero-order valence-corrected chi connectivity index (χ0v) is 22.0. The number of ether oxygens (including phenoxy) is 1. The fourth-order valence-corrected chi connectivity index (χ4v) is 4.50. The Balaban J connectivity index is 0.00000289. The third-order valence-electron chi connectivity index (χ3n) is 5.09. The number of aromatic amines is 1. The standard InChI is InChI=1S/C20H24N6O4S.K/c1-13(27)26-31(28,29)16-9-7-15(8-10-16)23-20-24-18-17(21-12-22-18)19(25-20)30-11-14-5-3-2-4-6-14;/h7-10,12,14H,2-6,11H2,1H3,(H3,21,22,23,24,25,26,27);/q;+1/p-1. The van der Waals surface area contributed by atoms with Crippen LogP contribution in [0.5, 0.6) is 5.88 Å². The summed E-state index contributed by atoms with van der Waals surface area (Å²) in [6, 6.07) is 5.81. The SMILES string of the molecule is CC(=O)[N-]S(=O)(=O)c1ccc(Nc2nc(OCC3CCCCC3)c3[nH]cnc3n2)cc1.[K+]. The number of sulfonamides is 1. The van der Waals surface area contributed by atoms with Gasteiger partial charge in [0, 0.05) is 5.69 Å². The molecule has 3 aromatic rings. The van der Waals surface area contributed by atoms with Gasteiger partial charge < -0.3 is 24.6 Å². The van der Waals surface area contributed by atoms with Gasteiger partial charge in [-0.2, -0.15) is 9.97 Å². The predicted octanol–water partition coefficient (Wildman–Crippen LogP) is 0.669. The summed E-state index contributed by atoms with van der Waals surface area (Å²) in [4.78, 5) is 27.0. The van der Waals surface area contributed by atoms with Crippen molar-refractivity contribution < 1.29 is 69.3 Å². The van der Waals surface area contributed by atoms with E-state index < -0.39 is 15.9 Å². The van der Waals surface area contributed by atoms with Gasteiger partial charge in [-0.15, -0.1) is 0 Å². The number of nitrogens with zero attached hydrogens (tertiary/aromatic N) is 4. The maximum atomic E-state index is 12.0. The molecule has 1 amide bonds. The fraction of sp³-hybridized carbons (Fsp3) is 0.400. The Morgan fingerprint density at radius 1 is 1.19 bits per heavy atom. The molecule has 1 aromatic carbocycles. The molecular weight excluding hydrogens is 459 g/mol. The van der Waals surface area contributed by atoms with E-state index in [1.807, 2.05) is 0 Å². The smallest absolute Gasteiger partial charge is 0.542 e. The molecule has 10 nitrogen and oxygen atoms in total.